The summed E-state index contributed by atoms with van der Waals surface area (Å²) in [4.78, 5) is 4.09. The predicted octanol–water partition coefficient (Wildman–Crippen LogP) is 1.97. The molecule has 1 fully saturated rings. The topological polar surface area (TPSA) is 45.2 Å². The minimum absolute atomic E-state index is 0.144. The Bertz CT molecular complexity index is 299. The molecule has 2 rings (SSSR count). The van der Waals surface area contributed by atoms with Gasteiger partial charge in [0.05, 0.1) is 6.20 Å². The van der Waals surface area contributed by atoms with Crippen LogP contribution in [0.3, 0.4) is 0 Å². The molecule has 1 aliphatic rings. The summed E-state index contributed by atoms with van der Waals surface area (Å²) in [6.07, 6.45) is 4.47. The lowest BCUT2D eigenvalue weighted by molar-refractivity contribution is 0.113. The number of rotatable bonds is 2. The number of aromatic nitrogens is 1. The molecule has 0 spiro atoms. The first kappa shape index (κ1) is 10.4. The maximum atomic E-state index is 9.99. The molecule has 3 nitrogen and oxygen atoms in total. The van der Waals surface area contributed by atoms with E-state index in [9.17, 15) is 5.11 Å². The zero-order valence-electron chi connectivity index (χ0n) is 7.74. The van der Waals surface area contributed by atoms with Gasteiger partial charge in [-0.3, -0.25) is 0 Å². The molecular formula is C9H13ClN2OS. The number of thiazole rings is 1. The normalized spacial score (nSPS) is 24.9. The third-order valence-electron chi connectivity index (χ3n) is 2.48. The molecule has 2 atom stereocenters. The second-order valence-electron chi connectivity index (χ2n) is 3.50. The minimum atomic E-state index is -0.507. The van der Waals surface area contributed by atoms with E-state index < -0.39 is 6.10 Å². The Morgan fingerprint density at radius 1 is 1.64 bits per heavy atom. The largest absolute Gasteiger partial charge is 0.384 e. The lowest BCUT2D eigenvalue weighted by atomic mass is 10.0. The van der Waals surface area contributed by atoms with Crippen LogP contribution in [0.1, 0.15) is 30.4 Å². The number of aliphatic hydroxyl groups excluding tert-OH is 1. The third kappa shape index (κ3) is 2.25. The van der Waals surface area contributed by atoms with E-state index in [2.05, 4.69) is 10.3 Å². The van der Waals surface area contributed by atoms with Gasteiger partial charge >= 0.3 is 0 Å². The Hall–Kier alpha value is -0.160. The van der Waals surface area contributed by atoms with Gasteiger partial charge in [-0.05, 0) is 19.4 Å². The number of piperidine rings is 1. The molecule has 1 aliphatic heterocycles. The minimum Gasteiger partial charge on any atom is -0.384 e. The van der Waals surface area contributed by atoms with E-state index in [1.165, 1.54) is 24.2 Å². The number of halogens is 1. The zero-order valence-corrected chi connectivity index (χ0v) is 9.31. The fraction of sp³-hybridized carbons (Fsp3) is 0.667. The molecule has 0 amide bonds. The van der Waals surface area contributed by atoms with Crippen molar-refractivity contribution in [1.29, 1.82) is 0 Å². The SMILES string of the molecule is OC(c1ncc(Cl)s1)C1CCCCN1. The lowest BCUT2D eigenvalue weighted by Crippen LogP contribution is -2.38. The third-order valence-corrected chi connectivity index (χ3v) is 3.66. The van der Waals surface area contributed by atoms with Gasteiger partial charge in [0.25, 0.3) is 0 Å². The van der Waals surface area contributed by atoms with E-state index in [4.69, 9.17) is 11.6 Å². The first-order valence-electron chi connectivity index (χ1n) is 4.80. The van der Waals surface area contributed by atoms with Crippen molar-refractivity contribution < 1.29 is 5.11 Å². The van der Waals surface area contributed by atoms with Crippen LogP contribution in [0.15, 0.2) is 6.20 Å². The van der Waals surface area contributed by atoms with E-state index in [-0.39, 0.29) is 6.04 Å². The van der Waals surface area contributed by atoms with Crippen molar-refractivity contribution in [2.75, 3.05) is 6.54 Å². The van der Waals surface area contributed by atoms with E-state index in [1.54, 1.807) is 6.20 Å². The molecule has 14 heavy (non-hydrogen) atoms. The number of nitrogens with one attached hydrogen (secondary N) is 1. The summed E-state index contributed by atoms with van der Waals surface area (Å²) in [5.41, 5.74) is 0. The highest BCUT2D eigenvalue weighted by Gasteiger charge is 2.24. The van der Waals surface area contributed by atoms with Crippen LogP contribution in [0, 0.1) is 0 Å². The predicted molar refractivity (Wildman–Crippen MR) is 57.7 cm³/mol. The second-order valence-corrected chi connectivity index (χ2v) is 5.20. The van der Waals surface area contributed by atoms with Crippen molar-refractivity contribution in [2.45, 2.75) is 31.4 Å². The van der Waals surface area contributed by atoms with Crippen LogP contribution in [-0.2, 0) is 0 Å². The van der Waals surface area contributed by atoms with Gasteiger partial charge in [0.2, 0.25) is 0 Å². The van der Waals surface area contributed by atoms with E-state index >= 15 is 0 Å². The van der Waals surface area contributed by atoms with Gasteiger partial charge < -0.3 is 10.4 Å². The molecule has 78 valence electrons. The Kier molecular flexibility index (Phi) is 3.38. The Labute approximate surface area is 92.1 Å². The molecule has 2 N–H and O–H groups in total. The Morgan fingerprint density at radius 3 is 3.07 bits per heavy atom. The van der Waals surface area contributed by atoms with Crippen molar-refractivity contribution in [3.63, 3.8) is 0 Å². The van der Waals surface area contributed by atoms with Crippen LogP contribution in [-0.4, -0.2) is 22.7 Å². The lowest BCUT2D eigenvalue weighted by Gasteiger charge is -2.26. The molecule has 1 saturated heterocycles. The van der Waals surface area contributed by atoms with Crippen LogP contribution in [0.2, 0.25) is 4.34 Å². The molecular weight excluding hydrogens is 220 g/mol. The molecule has 0 saturated carbocycles. The van der Waals surface area contributed by atoms with Crippen molar-refractivity contribution in [2.24, 2.45) is 0 Å². The highest BCUT2D eigenvalue weighted by atomic mass is 35.5. The van der Waals surface area contributed by atoms with Crippen LogP contribution in [0.4, 0.5) is 0 Å². The van der Waals surface area contributed by atoms with Crippen LogP contribution < -0.4 is 5.32 Å². The van der Waals surface area contributed by atoms with E-state index in [1.807, 2.05) is 0 Å². The molecule has 2 unspecified atom stereocenters. The van der Waals surface area contributed by atoms with E-state index in [0.717, 1.165) is 18.0 Å². The van der Waals surface area contributed by atoms with Crippen LogP contribution in [0.5, 0.6) is 0 Å². The highest BCUT2D eigenvalue weighted by molar-refractivity contribution is 7.15. The fourth-order valence-corrected chi connectivity index (χ4v) is 2.71. The zero-order chi connectivity index (χ0) is 9.97. The summed E-state index contributed by atoms with van der Waals surface area (Å²) < 4.78 is 0.634. The van der Waals surface area contributed by atoms with Gasteiger partial charge in [0, 0.05) is 6.04 Å². The summed E-state index contributed by atoms with van der Waals surface area (Å²) in [6, 6.07) is 0.144. The van der Waals surface area contributed by atoms with Gasteiger partial charge in [0.1, 0.15) is 15.4 Å². The average Bonchev–Trinajstić information content (AvgIpc) is 2.65. The first-order valence-corrected chi connectivity index (χ1v) is 5.99. The summed E-state index contributed by atoms with van der Waals surface area (Å²) in [5, 5.41) is 14.0. The maximum absolute atomic E-state index is 9.99. The fourth-order valence-electron chi connectivity index (χ4n) is 1.72. The molecule has 0 radical (unpaired) electrons. The number of aliphatic hydroxyl groups is 1. The van der Waals surface area contributed by atoms with Crippen LogP contribution >= 0.6 is 22.9 Å². The van der Waals surface area contributed by atoms with Gasteiger partial charge in [-0.2, -0.15) is 0 Å². The number of nitrogens with zero attached hydrogens (tertiary/aromatic N) is 1. The van der Waals surface area contributed by atoms with Crippen molar-refractivity contribution in [1.82, 2.24) is 10.3 Å². The van der Waals surface area contributed by atoms with Crippen LogP contribution in [0.25, 0.3) is 0 Å². The number of hydrogen-bond donors (Lipinski definition) is 2. The number of hydrogen-bond acceptors (Lipinski definition) is 4. The summed E-state index contributed by atoms with van der Waals surface area (Å²) in [7, 11) is 0. The molecule has 1 aromatic rings. The first-order chi connectivity index (χ1) is 6.77. The van der Waals surface area contributed by atoms with Crippen molar-refractivity contribution in [3.05, 3.63) is 15.5 Å². The van der Waals surface area contributed by atoms with Gasteiger partial charge in [-0.25, -0.2) is 4.98 Å². The van der Waals surface area contributed by atoms with Gasteiger partial charge in [-0.15, -0.1) is 11.3 Å². The molecule has 5 heteroatoms. The summed E-state index contributed by atoms with van der Waals surface area (Å²) in [5.74, 6) is 0. The second kappa shape index (κ2) is 4.57. The summed E-state index contributed by atoms with van der Waals surface area (Å²) in [6.45, 7) is 0.987. The Balaban J connectivity index is 2.03. The highest BCUT2D eigenvalue weighted by Crippen LogP contribution is 2.28. The Morgan fingerprint density at radius 2 is 2.50 bits per heavy atom. The molecule has 2 heterocycles. The molecule has 0 aliphatic carbocycles. The maximum Gasteiger partial charge on any atom is 0.124 e. The van der Waals surface area contributed by atoms with Gasteiger partial charge in [-0.1, -0.05) is 18.0 Å². The average molecular weight is 233 g/mol. The van der Waals surface area contributed by atoms with Crippen molar-refractivity contribution in [3.8, 4) is 0 Å². The van der Waals surface area contributed by atoms with Gasteiger partial charge in [0.15, 0.2) is 0 Å². The quantitative estimate of drug-likeness (QED) is 0.820. The standard InChI is InChI=1S/C9H13ClN2OS/c10-7-5-12-9(14-7)8(13)6-3-1-2-4-11-6/h5-6,8,11,13H,1-4H2. The smallest absolute Gasteiger partial charge is 0.124 e. The molecule has 0 bridgehead atoms. The van der Waals surface area contributed by atoms with Crippen molar-refractivity contribution >= 4 is 22.9 Å². The molecule has 0 aromatic carbocycles. The molecule has 1 aromatic heterocycles. The monoisotopic (exact) mass is 232 g/mol. The summed E-state index contributed by atoms with van der Waals surface area (Å²) >= 11 is 7.12. The van der Waals surface area contributed by atoms with E-state index in [0.29, 0.717) is 4.34 Å².